The first-order valence-corrected chi connectivity index (χ1v) is 11.2. The minimum Gasteiger partial charge on any atom is -0.493 e. The zero-order valence-corrected chi connectivity index (χ0v) is 19.0. The summed E-state index contributed by atoms with van der Waals surface area (Å²) < 4.78 is 17.1. The highest BCUT2D eigenvalue weighted by Gasteiger charge is 2.14. The first kappa shape index (κ1) is 23.6. The van der Waals surface area contributed by atoms with Gasteiger partial charge in [0.15, 0.2) is 5.78 Å². The van der Waals surface area contributed by atoms with Crippen LogP contribution in [0, 0.1) is 0 Å². The van der Waals surface area contributed by atoms with Crippen LogP contribution in [-0.2, 0) is 22.4 Å². The van der Waals surface area contributed by atoms with Crippen molar-refractivity contribution in [2.45, 2.75) is 39.2 Å². The average molecular weight is 433 g/mol. The van der Waals surface area contributed by atoms with Crippen molar-refractivity contribution < 1.29 is 19.0 Å². The second-order valence-corrected chi connectivity index (χ2v) is 7.76. The Bertz CT molecular complexity index is 933. The number of hydrogen-bond donors (Lipinski definition) is 0. The van der Waals surface area contributed by atoms with Crippen LogP contribution in [-0.4, -0.2) is 31.7 Å². The van der Waals surface area contributed by atoms with E-state index in [9.17, 15) is 4.79 Å². The van der Waals surface area contributed by atoms with Crippen molar-refractivity contribution in [3.05, 3.63) is 95.6 Å². The third kappa shape index (κ3) is 7.86. The Morgan fingerprint density at radius 1 is 0.750 bits per heavy atom. The average Bonchev–Trinajstić information content (AvgIpc) is 2.81. The molecule has 4 heteroatoms. The maximum atomic E-state index is 11.6. The molecule has 0 saturated carbocycles. The Kier molecular flexibility index (Phi) is 9.33. The number of rotatable bonds is 13. The van der Waals surface area contributed by atoms with Gasteiger partial charge in [-0.25, -0.2) is 0 Å². The molecule has 3 aromatic rings. The molecule has 0 fully saturated rings. The molecule has 3 aromatic carbocycles. The first-order valence-electron chi connectivity index (χ1n) is 11.2. The smallest absolute Gasteiger partial charge is 0.158 e. The van der Waals surface area contributed by atoms with Crippen LogP contribution in [0.4, 0.5) is 0 Å². The zero-order chi connectivity index (χ0) is 22.6. The molecule has 0 saturated heterocycles. The van der Waals surface area contributed by atoms with E-state index >= 15 is 0 Å². The van der Waals surface area contributed by atoms with Crippen LogP contribution in [0.2, 0.25) is 0 Å². The van der Waals surface area contributed by atoms with Crippen molar-refractivity contribution in [3.8, 4) is 11.5 Å². The minimum atomic E-state index is -0.378. The van der Waals surface area contributed by atoms with Gasteiger partial charge in [-0.15, -0.1) is 0 Å². The number of ketones is 1. The lowest BCUT2D eigenvalue weighted by atomic mass is 10.1. The highest BCUT2D eigenvalue weighted by molar-refractivity contribution is 5.80. The van der Waals surface area contributed by atoms with Gasteiger partial charge in [-0.2, -0.15) is 0 Å². The van der Waals surface area contributed by atoms with Gasteiger partial charge in [0.05, 0.1) is 13.2 Å². The van der Waals surface area contributed by atoms with E-state index in [0.717, 1.165) is 29.9 Å². The molecule has 3 rings (SSSR count). The maximum absolute atomic E-state index is 11.6. The Balaban J connectivity index is 1.35. The summed E-state index contributed by atoms with van der Waals surface area (Å²) >= 11 is 0. The first-order chi connectivity index (χ1) is 15.6. The topological polar surface area (TPSA) is 44.8 Å². The molecule has 0 aliphatic carbocycles. The van der Waals surface area contributed by atoms with Gasteiger partial charge in [-0.1, -0.05) is 54.6 Å². The van der Waals surface area contributed by atoms with Gasteiger partial charge in [-0.05, 0) is 61.2 Å². The molecule has 0 aliphatic rings. The minimum absolute atomic E-state index is 0.0537. The van der Waals surface area contributed by atoms with E-state index in [1.807, 2.05) is 49.4 Å². The third-order valence-electron chi connectivity index (χ3n) is 5.17. The molecule has 1 atom stereocenters. The quantitative estimate of drug-likeness (QED) is 0.327. The predicted octanol–water partition coefficient (Wildman–Crippen LogP) is 5.66. The van der Waals surface area contributed by atoms with Crippen molar-refractivity contribution in [2.24, 2.45) is 0 Å². The Morgan fingerprint density at radius 3 is 1.81 bits per heavy atom. The van der Waals surface area contributed by atoms with Crippen LogP contribution >= 0.6 is 0 Å². The van der Waals surface area contributed by atoms with Crippen LogP contribution in [0.1, 0.15) is 37.0 Å². The zero-order valence-electron chi connectivity index (χ0n) is 19.0. The summed E-state index contributed by atoms with van der Waals surface area (Å²) in [4.78, 5) is 11.6. The molecule has 0 amide bonds. The van der Waals surface area contributed by atoms with Crippen LogP contribution in [0.5, 0.6) is 11.5 Å². The van der Waals surface area contributed by atoms with E-state index in [0.29, 0.717) is 26.2 Å². The molecule has 0 aliphatic heterocycles. The van der Waals surface area contributed by atoms with E-state index in [1.54, 1.807) is 6.92 Å². The highest BCUT2D eigenvalue weighted by Crippen LogP contribution is 2.17. The summed E-state index contributed by atoms with van der Waals surface area (Å²) in [5, 5.41) is 0. The lowest BCUT2D eigenvalue weighted by molar-refractivity contribution is -0.127. The monoisotopic (exact) mass is 432 g/mol. The lowest BCUT2D eigenvalue weighted by Gasteiger charge is -2.14. The molecule has 0 heterocycles. The van der Waals surface area contributed by atoms with E-state index in [1.165, 1.54) is 11.1 Å². The fourth-order valence-electron chi connectivity index (χ4n) is 3.43. The molecule has 0 N–H and O–H groups in total. The van der Waals surface area contributed by atoms with Crippen LogP contribution in [0.15, 0.2) is 78.9 Å². The fourth-order valence-corrected chi connectivity index (χ4v) is 3.43. The number of ether oxygens (including phenoxy) is 3. The van der Waals surface area contributed by atoms with Crippen molar-refractivity contribution in [3.63, 3.8) is 0 Å². The van der Waals surface area contributed by atoms with Crippen LogP contribution < -0.4 is 9.47 Å². The number of benzene rings is 3. The SMILES string of the molecule is CCO[C@@H](Cc1ccc(OCCCOc2ccc(Cc3ccccc3)cc2)cc1)C(C)=O. The summed E-state index contributed by atoms with van der Waals surface area (Å²) in [6, 6.07) is 26.6. The van der Waals surface area contributed by atoms with Gasteiger partial charge in [-0.3, -0.25) is 4.79 Å². The van der Waals surface area contributed by atoms with Crippen molar-refractivity contribution in [2.75, 3.05) is 19.8 Å². The fraction of sp³-hybridized carbons (Fsp3) is 0.321. The van der Waals surface area contributed by atoms with E-state index in [-0.39, 0.29) is 11.9 Å². The highest BCUT2D eigenvalue weighted by atomic mass is 16.5. The molecular formula is C28H32O4. The number of carbonyl (C=O) groups excluding carboxylic acids is 1. The van der Waals surface area contributed by atoms with Crippen LogP contribution in [0.3, 0.4) is 0 Å². The van der Waals surface area contributed by atoms with Gasteiger partial charge >= 0.3 is 0 Å². The summed E-state index contributed by atoms with van der Waals surface area (Å²) in [6.45, 7) is 5.19. The van der Waals surface area contributed by atoms with E-state index in [4.69, 9.17) is 14.2 Å². The number of Topliss-reactive ketones (excluding diaryl/α,β-unsaturated/α-hetero) is 1. The Morgan fingerprint density at radius 2 is 1.28 bits per heavy atom. The third-order valence-corrected chi connectivity index (χ3v) is 5.17. The molecular weight excluding hydrogens is 400 g/mol. The molecule has 168 valence electrons. The molecule has 0 spiro atoms. The molecule has 0 bridgehead atoms. The van der Waals surface area contributed by atoms with Gasteiger partial charge in [0.25, 0.3) is 0 Å². The molecule has 0 aromatic heterocycles. The number of carbonyl (C=O) groups is 1. The summed E-state index contributed by atoms with van der Waals surface area (Å²) in [7, 11) is 0. The maximum Gasteiger partial charge on any atom is 0.158 e. The van der Waals surface area contributed by atoms with Crippen molar-refractivity contribution in [1.29, 1.82) is 0 Å². The van der Waals surface area contributed by atoms with Crippen molar-refractivity contribution >= 4 is 5.78 Å². The Labute approximate surface area is 191 Å². The normalized spacial score (nSPS) is 11.7. The molecule has 0 radical (unpaired) electrons. The standard InChI is InChI=1S/C28H32O4/c1-3-30-28(22(2)29)21-25-12-16-27(17-13-25)32-19-7-18-31-26-14-10-24(11-15-26)20-23-8-5-4-6-9-23/h4-6,8-17,28H,3,7,18-21H2,1-2H3/t28-/m0/s1. The van der Waals surface area contributed by atoms with Gasteiger partial charge in [0.2, 0.25) is 0 Å². The van der Waals surface area contributed by atoms with E-state index < -0.39 is 0 Å². The largest absolute Gasteiger partial charge is 0.493 e. The van der Waals surface area contributed by atoms with Crippen LogP contribution in [0.25, 0.3) is 0 Å². The van der Waals surface area contributed by atoms with Gasteiger partial charge in [0, 0.05) is 19.4 Å². The summed E-state index contributed by atoms with van der Waals surface area (Å²) in [5.74, 6) is 1.74. The summed E-state index contributed by atoms with van der Waals surface area (Å²) in [6.07, 6.45) is 1.93. The van der Waals surface area contributed by atoms with Crippen molar-refractivity contribution in [1.82, 2.24) is 0 Å². The predicted molar refractivity (Wildman–Crippen MR) is 128 cm³/mol. The number of hydrogen-bond acceptors (Lipinski definition) is 4. The lowest BCUT2D eigenvalue weighted by Crippen LogP contribution is -2.24. The molecule has 4 nitrogen and oxygen atoms in total. The second kappa shape index (κ2) is 12.7. The van der Waals surface area contributed by atoms with E-state index in [2.05, 4.69) is 36.4 Å². The molecule has 32 heavy (non-hydrogen) atoms. The van der Waals surface area contributed by atoms with Gasteiger partial charge < -0.3 is 14.2 Å². The van der Waals surface area contributed by atoms with Gasteiger partial charge in [0.1, 0.15) is 17.6 Å². The molecule has 0 unspecified atom stereocenters. The second-order valence-electron chi connectivity index (χ2n) is 7.76. The summed E-state index contributed by atoms with van der Waals surface area (Å²) in [5.41, 5.74) is 3.63. The Hall–Kier alpha value is -3.11.